The third kappa shape index (κ3) is 3.35. The molecule has 0 aromatic heterocycles. The van der Waals surface area contributed by atoms with Crippen LogP contribution in [0.15, 0.2) is 42.5 Å². The Balaban J connectivity index is 1.83. The van der Waals surface area contributed by atoms with Crippen LogP contribution in [0.4, 0.5) is 5.69 Å². The number of fused-ring (bicyclic) bond motifs is 1. The first kappa shape index (κ1) is 18.8. The maximum absolute atomic E-state index is 13.1. The van der Waals surface area contributed by atoms with E-state index in [1.165, 1.54) is 16.7 Å². The summed E-state index contributed by atoms with van der Waals surface area (Å²) in [6.07, 6.45) is 0. The van der Waals surface area contributed by atoms with Gasteiger partial charge < -0.3 is 19.3 Å². The number of hydrogen-bond acceptors (Lipinski definition) is 4. The first-order valence-corrected chi connectivity index (χ1v) is 8.72. The summed E-state index contributed by atoms with van der Waals surface area (Å²) in [7, 11) is 4.94. The second kappa shape index (κ2) is 6.95. The average molecular weight is 368 g/mol. The van der Waals surface area contributed by atoms with Crippen molar-refractivity contribution in [3.63, 3.8) is 0 Å². The zero-order valence-electron chi connectivity index (χ0n) is 16.3. The Morgan fingerprint density at radius 3 is 2.52 bits per heavy atom. The molecule has 1 aliphatic rings. The Labute approximate surface area is 159 Å². The SMILES string of the molecule is COc1ccc(CN(C)C(=O)C2(C)Oc3ccc(C)cc3N(C)C2=O)cc1. The molecule has 27 heavy (non-hydrogen) atoms. The average Bonchev–Trinajstić information content (AvgIpc) is 2.67. The van der Waals surface area contributed by atoms with E-state index < -0.39 is 5.60 Å². The Morgan fingerprint density at radius 1 is 1.22 bits per heavy atom. The van der Waals surface area contributed by atoms with Gasteiger partial charge in [0.05, 0.1) is 12.8 Å². The van der Waals surface area contributed by atoms with Crippen LogP contribution in [-0.4, -0.2) is 43.5 Å². The van der Waals surface area contributed by atoms with Crippen LogP contribution in [0.25, 0.3) is 0 Å². The molecule has 1 atom stereocenters. The molecule has 1 heterocycles. The number of benzene rings is 2. The number of methoxy groups -OCH3 is 1. The third-order valence-corrected chi connectivity index (χ3v) is 4.84. The van der Waals surface area contributed by atoms with Gasteiger partial charge in [0.25, 0.3) is 17.4 Å². The lowest BCUT2D eigenvalue weighted by Crippen LogP contribution is -2.61. The summed E-state index contributed by atoms with van der Waals surface area (Å²) in [5.74, 6) is 0.504. The van der Waals surface area contributed by atoms with Crippen LogP contribution in [0.3, 0.4) is 0 Å². The Morgan fingerprint density at radius 2 is 1.89 bits per heavy atom. The zero-order chi connectivity index (χ0) is 19.8. The number of hydrogen-bond donors (Lipinski definition) is 0. The molecule has 2 aromatic carbocycles. The molecule has 2 amide bonds. The first-order chi connectivity index (χ1) is 12.8. The number of likely N-dealkylation sites (N-methyl/N-ethyl adjacent to an activating group) is 2. The molecule has 0 bridgehead atoms. The molecule has 0 fully saturated rings. The Bertz CT molecular complexity index is 878. The Hall–Kier alpha value is -3.02. The van der Waals surface area contributed by atoms with Crippen LogP contribution in [0.1, 0.15) is 18.1 Å². The number of rotatable bonds is 4. The van der Waals surface area contributed by atoms with Gasteiger partial charge in [-0.3, -0.25) is 9.59 Å². The van der Waals surface area contributed by atoms with Gasteiger partial charge in [0, 0.05) is 20.6 Å². The predicted octanol–water partition coefficient (Wildman–Crippen LogP) is 2.78. The van der Waals surface area contributed by atoms with Crippen LogP contribution >= 0.6 is 0 Å². The van der Waals surface area contributed by atoms with Gasteiger partial charge in [-0.05, 0) is 49.2 Å². The molecule has 3 rings (SSSR count). The third-order valence-electron chi connectivity index (χ3n) is 4.84. The number of nitrogens with zero attached hydrogens (tertiary/aromatic N) is 2. The van der Waals surface area contributed by atoms with Gasteiger partial charge in [-0.15, -0.1) is 0 Å². The quantitative estimate of drug-likeness (QED) is 0.779. The topological polar surface area (TPSA) is 59.1 Å². The standard InChI is InChI=1S/C21H24N2O4/c1-14-6-11-18-17(12-14)23(4)20(25)21(2,27-18)19(24)22(3)13-15-7-9-16(26-5)10-8-15/h6-12H,13H2,1-5H3. The van der Waals surface area contributed by atoms with E-state index in [0.29, 0.717) is 18.0 Å². The van der Waals surface area contributed by atoms with Gasteiger partial charge in [-0.1, -0.05) is 18.2 Å². The fourth-order valence-electron chi connectivity index (χ4n) is 3.24. The monoisotopic (exact) mass is 368 g/mol. The normalized spacial score (nSPS) is 18.6. The van der Waals surface area contributed by atoms with Crippen molar-refractivity contribution in [1.82, 2.24) is 4.90 Å². The second-order valence-corrected chi connectivity index (χ2v) is 6.98. The van der Waals surface area contributed by atoms with Crippen molar-refractivity contribution < 1.29 is 19.1 Å². The van der Waals surface area contributed by atoms with Crippen molar-refractivity contribution in [3.05, 3.63) is 53.6 Å². The highest BCUT2D eigenvalue weighted by atomic mass is 16.5. The van der Waals surface area contributed by atoms with Crippen molar-refractivity contribution in [2.75, 3.05) is 26.1 Å². The van der Waals surface area contributed by atoms with Gasteiger partial charge in [0.15, 0.2) is 0 Å². The molecular weight excluding hydrogens is 344 g/mol. The maximum Gasteiger partial charge on any atom is 0.280 e. The molecule has 6 heteroatoms. The molecule has 0 aliphatic carbocycles. The summed E-state index contributed by atoms with van der Waals surface area (Å²) in [5, 5.41) is 0. The van der Waals surface area contributed by atoms with Crippen molar-refractivity contribution in [2.45, 2.75) is 26.0 Å². The Kier molecular flexibility index (Phi) is 4.83. The molecule has 0 saturated heterocycles. The van der Waals surface area contributed by atoms with Crippen LogP contribution in [-0.2, 0) is 16.1 Å². The molecule has 0 N–H and O–H groups in total. The number of aryl methyl sites for hydroxylation is 1. The molecule has 2 aromatic rings. The number of anilines is 1. The highest BCUT2D eigenvalue weighted by molar-refractivity contribution is 6.16. The van der Waals surface area contributed by atoms with Crippen molar-refractivity contribution >= 4 is 17.5 Å². The van der Waals surface area contributed by atoms with E-state index in [1.54, 1.807) is 27.3 Å². The van der Waals surface area contributed by atoms with E-state index in [4.69, 9.17) is 9.47 Å². The largest absolute Gasteiger partial charge is 0.497 e. The van der Waals surface area contributed by atoms with Gasteiger partial charge in [0.2, 0.25) is 0 Å². The summed E-state index contributed by atoms with van der Waals surface area (Å²) in [4.78, 5) is 29.0. The molecule has 142 valence electrons. The van der Waals surface area contributed by atoms with E-state index in [-0.39, 0.29) is 11.8 Å². The van der Waals surface area contributed by atoms with Gasteiger partial charge in [0.1, 0.15) is 11.5 Å². The number of carbonyl (C=O) groups excluding carboxylic acids is 2. The first-order valence-electron chi connectivity index (χ1n) is 8.72. The summed E-state index contributed by atoms with van der Waals surface area (Å²) in [5.41, 5.74) is 1.02. The molecule has 1 unspecified atom stereocenters. The number of ether oxygens (including phenoxy) is 2. The minimum Gasteiger partial charge on any atom is -0.497 e. The highest BCUT2D eigenvalue weighted by Crippen LogP contribution is 2.38. The highest BCUT2D eigenvalue weighted by Gasteiger charge is 2.50. The van der Waals surface area contributed by atoms with E-state index in [2.05, 4.69) is 0 Å². The van der Waals surface area contributed by atoms with Gasteiger partial charge >= 0.3 is 0 Å². The molecule has 0 radical (unpaired) electrons. The van der Waals surface area contributed by atoms with Crippen LogP contribution in [0.2, 0.25) is 0 Å². The van der Waals surface area contributed by atoms with Gasteiger partial charge in [-0.2, -0.15) is 0 Å². The summed E-state index contributed by atoms with van der Waals surface area (Å²) in [6, 6.07) is 13.0. The fourth-order valence-corrected chi connectivity index (χ4v) is 3.24. The predicted molar refractivity (Wildman–Crippen MR) is 103 cm³/mol. The van der Waals surface area contributed by atoms with Crippen LogP contribution in [0, 0.1) is 6.92 Å². The number of amides is 2. The summed E-state index contributed by atoms with van der Waals surface area (Å²) < 4.78 is 11.1. The molecule has 0 saturated carbocycles. The van der Waals surface area contributed by atoms with Crippen molar-refractivity contribution in [2.24, 2.45) is 0 Å². The van der Waals surface area contributed by atoms with Crippen molar-refractivity contribution in [3.8, 4) is 11.5 Å². The summed E-state index contributed by atoms with van der Waals surface area (Å²) in [6.45, 7) is 3.83. The van der Waals surface area contributed by atoms with Crippen LogP contribution in [0.5, 0.6) is 11.5 Å². The number of carbonyl (C=O) groups is 2. The molecule has 6 nitrogen and oxygen atoms in total. The molecular formula is C21H24N2O4. The lowest BCUT2D eigenvalue weighted by molar-refractivity contribution is -0.155. The summed E-state index contributed by atoms with van der Waals surface area (Å²) >= 11 is 0. The fraction of sp³-hybridized carbons (Fsp3) is 0.333. The lowest BCUT2D eigenvalue weighted by Gasteiger charge is -2.39. The second-order valence-electron chi connectivity index (χ2n) is 6.98. The zero-order valence-corrected chi connectivity index (χ0v) is 16.3. The van der Waals surface area contributed by atoms with E-state index >= 15 is 0 Å². The molecule has 0 spiro atoms. The van der Waals surface area contributed by atoms with Crippen molar-refractivity contribution in [1.29, 1.82) is 0 Å². The van der Waals surface area contributed by atoms with Gasteiger partial charge in [-0.25, -0.2) is 0 Å². The van der Waals surface area contributed by atoms with E-state index in [9.17, 15) is 9.59 Å². The minimum atomic E-state index is -1.60. The maximum atomic E-state index is 13.1. The lowest BCUT2D eigenvalue weighted by atomic mass is 9.99. The van der Waals surface area contributed by atoms with Crippen LogP contribution < -0.4 is 14.4 Å². The minimum absolute atomic E-state index is 0.361. The van der Waals surface area contributed by atoms with E-state index in [0.717, 1.165) is 16.9 Å². The smallest absolute Gasteiger partial charge is 0.280 e. The molecule has 1 aliphatic heterocycles. The van der Waals surface area contributed by atoms with E-state index in [1.807, 2.05) is 43.3 Å².